The van der Waals surface area contributed by atoms with Crippen LogP contribution in [-0.2, 0) is 10.5 Å². The number of anilines is 1. The maximum Gasteiger partial charge on any atom is 0.248 e. The van der Waals surface area contributed by atoms with E-state index in [-0.39, 0.29) is 12.7 Å². The minimum absolute atomic E-state index is 0.177. The average Bonchev–Trinajstić information content (AvgIpc) is 3.20. The molecular weight excluding hydrogens is 370 g/mol. The van der Waals surface area contributed by atoms with Crippen LogP contribution in [0.15, 0.2) is 83.8 Å². The van der Waals surface area contributed by atoms with Crippen molar-refractivity contribution in [2.75, 3.05) is 12.1 Å². The van der Waals surface area contributed by atoms with Crippen molar-refractivity contribution in [3.63, 3.8) is 0 Å². The molecule has 3 aromatic rings. The number of nitrogens with one attached hydrogen (secondary N) is 1. The van der Waals surface area contributed by atoms with Gasteiger partial charge in [0.25, 0.3) is 0 Å². The van der Waals surface area contributed by atoms with Gasteiger partial charge < -0.3 is 14.8 Å². The van der Waals surface area contributed by atoms with Gasteiger partial charge in [0.2, 0.25) is 12.7 Å². The number of fused-ring (bicyclic) bond motifs is 1. The zero-order chi connectivity index (χ0) is 19.2. The lowest BCUT2D eigenvalue weighted by Crippen LogP contribution is -2.07. The van der Waals surface area contributed by atoms with Crippen molar-refractivity contribution in [1.82, 2.24) is 0 Å². The van der Waals surface area contributed by atoms with Crippen molar-refractivity contribution < 1.29 is 14.3 Å². The summed E-state index contributed by atoms with van der Waals surface area (Å²) in [5.41, 5.74) is 2.87. The first-order valence-corrected chi connectivity index (χ1v) is 9.90. The van der Waals surface area contributed by atoms with Crippen LogP contribution in [0, 0.1) is 0 Å². The van der Waals surface area contributed by atoms with Crippen LogP contribution in [0.2, 0.25) is 0 Å². The Morgan fingerprint density at radius 2 is 1.75 bits per heavy atom. The van der Waals surface area contributed by atoms with Gasteiger partial charge in [-0.1, -0.05) is 36.4 Å². The van der Waals surface area contributed by atoms with Gasteiger partial charge in [-0.15, -0.1) is 11.8 Å². The SMILES string of the molecule is O=C(/C=C/c1ccc2c(c1)OCO2)Nc1ccc(CSc2ccccc2)cc1. The summed E-state index contributed by atoms with van der Waals surface area (Å²) in [6, 6.07) is 23.8. The molecule has 0 radical (unpaired) electrons. The van der Waals surface area contributed by atoms with Gasteiger partial charge in [0.15, 0.2) is 11.5 Å². The Morgan fingerprint density at radius 1 is 0.964 bits per heavy atom. The Labute approximate surface area is 168 Å². The monoisotopic (exact) mass is 389 g/mol. The molecule has 5 heteroatoms. The molecule has 140 valence electrons. The van der Waals surface area contributed by atoms with Gasteiger partial charge in [-0.3, -0.25) is 4.79 Å². The topological polar surface area (TPSA) is 47.6 Å². The van der Waals surface area contributed by atoms with E-state index in [2.05, 4.69) is 17.4 Å². The predicted octanol–water partition coefficient (Wildman–Crippen LogP) is 5.36. The molecule has 28 heavy (non-hydrogen) atoms. The van der Waals surface area contributed by atoms with Crippen molar-refractivity contribution in [2.24, 2.45) is 0 Å². The maximum absolute atomic E-state index is 12.2. The first kappa shape index (κ1) is 18.2. The summed E-state index contributed by atoms with van der Waals surface area (Å²) in [6.45, 7) is 0.239. The predicted molar refractivity (Wildman–Crippen MR) is 113 cm³/mol. The lowest BCUT2D eigenvalue weighted by atomic mass is 10.2. The third kappa shape index (κ3) is 4.75. The van der Waals surface area contributed by atoms with E-state index in [4.69, 9.17) is 9.47 Å². The van der Waals surface area contributed by atoms with E-state index >= 15 is 0 Å². The van der Waals surface area contributed by atoms with Gasteiger partial charge in [0.05, 0.1) is 0 Å². The summed E-state index contributed by atoms with van der Waals surface area (Å²) >= 11 is 1.79. The van der Waals surface area contributed by atoms with Crippen LogP contribution in [-0.4, -0.2) is 12.7 Å². The molecule has 1 aliphatic heterocycles. The third-order valence-electron chi connectivity index (χ3n) is 4.19. The van der Waals surface area contributed by atoms with Gasteiger partial charge >= 0.3 is 0 Å². The van der Waals surface area contributed by atoms with Crippen molar-refractivity contribution in [1.29, 1.82) is 0 Å². The van der Waals surface area contributed by atoms with Gasteiger partial charge in [-0.2, -0.15) is 0 Å². The molecule has 1 heterocycles. The first-order valence-electron chi connectivity index (χ1n) is 8.92. The number of carbonyl (C=O) groups is 1. The number of hydrogen-bond donors (Lipinski definition) is 1. The second-order valence-corrected chi connectivity index (χ2v) is 7.28. The number of hydrogen-bond acceptors (Lipinski definition) is 4. The molecule has 4 rings (SSSR count). The number of thioether (sulfide) groups is 1. The largest absolute Gasteiger partial charge is 0.454 e. The van der Waals surface area contributed by atoms with E-state index in [1.807, 2.05) is 60.7 Å². The molecule has 0 atom stereocenters. The Kier molecular flexibility index (Phi) is 5.64. The number of ether oxygens (including phenoxy) is 2. The Balaban J connectivity index is 1.30. The molecule has 0 aliphatic carbocycles. The molecule has 1 N–H and O–H groups in total. The third-order valence-corrected chi connectivity index (χ3v) is 5.28. The van der Waals surface area contributed by atoms with Gasteiger partial charge in [0.1, 0.15) is 0 Å². The fourth-order valence-electron chi connectivity index (χ4n) is 2.74. The van der Waals surface area contributed by atoms with Crippen molar-refractivity contribution in [3.05, 3.63) is 90.0 Å². The number of carbonyl (C=O) groups excluding carboxylic acids is 1. The maximum atomic E-state index is 12.2. The summed E-state index contributed by atoms with van der Waals surface area (Å²) in [5, 5.41) is 2.88. The van der Waals surface area contributed by atoms with Gasteiger partial charge in [0, 0.05) is 22.4 Å². The molecule has 0 fully saturated rings. The molecule has 3 aromatic carbocycles. The van der Waals surface area contributed by atoms with Crippen molar-refractivity contribution >= 4 is 29.4 Å². The summed E-state index contributed by atoms with van der Waals surface area (Å²) < 4.78 is 10.6. The van der Waals surface area contributed by atoms with Gasteiger partial charge in [-0.05, 0) is 53.6 Å². The minimum atomic E-state index is -0.177. The standard InChI is InChI=1S/C23H19NO3S/c25-23(13-9-17-8-12-21-22(14-17)27-16-26-21)24-19-10-6-18(7-11-19)15-28-20-4-2-1-3-5-20/h1-14H,15-16H2,(H,24,25)/b13-9+. The second-order valence-electron chi connectivity index (χ2n) is 6.23. The molecule has 0 unspecified atom stereocenters. The minimum Gasteiger partial charge on any atom is -0.454 e. The number of benzene rings is 3. The van der Waals surface area contributed by atoms with Crippen LogP contribution in [0.5, 0.6) is 11.5 Å². The van der Waals surface area contributed by atoms with Crippen LogP contribution in [0.25, 0.3) is 6.08 Å². The highest BCUT2D eigenvalue weighted by Gasteiger charge is 2.12. The fraction of sp³-hybridized carbons (Fsp3) is 0.0870. The Morgan fingerprint density at radius 3 is 2.57 bits per heavy atom. The molecule has 0 saturated carbocycles. The molecule has 4 nitrogen and oxygen atoms in total. The Hall–Kier alpha value is -3.18. The summed E-state index contributed by atoms with van der Waals surface area (Å²) in [4.78, 5) is 13.4. The average molecular weight is 389 g/mol. The highest BCUT2D eigenvalue weighted by molar-refractivity contribution is 7.98. The highest BCUT2D eigenvalue weighted by Crippen LogP contribution is 2.32. The highest BCUT2D eigenvalue weighted by atomic mass is 32.2. The summed E-state index contributed by atoms with van der Waals surface area (Å²) in [6.07, 6.45) is 3.26. The Bertz CT molecular complexity index is 984. The zero-order valence-electron chi connectivity index (χ0n) is 15.1. The molecule has 1 aliphatic rings. The van der Waals surface area contributed by atoms with Crippen LogP contribution < -0.4 is 14.8 Å². The lowest BCUT2D eigenvalue weighted by Gasteiger charge is -2.05. The quantitative estimate of drug-likeness (QED) is 0.455. The van der Waals surface area contributed by atoms with E-state index in [0.29, 0.717) is 5.75 Å². The van der Waals surface area contributed by atoms with Crippen LogP contribution in [0.1, 0.15) is 11.1 Å². The molecule has 0 aromatic heterocycles. The molecule has 0 bridgehead atoms. The fourth-order valence-corrected chi connectivity index (χ4v) is 3.62. The zero-order valence-corrected chi connectivity index (χ0v) is 15.9. The van der Waals surface area contributed by atoms with E-state index < -0.39 is 0 Å². The van der Waals surface area contributed by atoms with E-state index in [1.54, 1.807) is 17.8 Å². The van der Waals surface area contributed by atoms with Crippen LogP contribution >= 0.6 is 11.8 Å². The van der Waals surface area contributed by atoms with E-state index in [1.165, 1.54) is 16.5 Å². The van der Waals surface area contributed by atoms with E-state index in [0.717, 1.165) is 22.8 Å². The molecule has 0 spiro atoms. The normalized spacial score (nSPS) is 12.3. The van der Waals surface area contributed by atoms with Crippen molar-refractivity contribution in [2.45, 2.75) is 10.6 Å². The lowest BCUT2D eigenvalue weighted by molar-refractivity contribution is -0.111. The molecule has 1 amide bonds. The summed E-state index contributed by atoms with van der Waals surface area (Å²) in [5.74, 6) is 2.14. The van der Waals surface area contributed by atoms with Crippen LogP contribution in [0.3, 0.4) is 0 Å². The second kappa shape index (κ2) is 8.67. The van der Waals surface area contributed by atoms with Crippen molar-refractivity contribution in [3.8, 4) is 11.5 Å². The first-order chi connectivity index (χ1) is 13.8. The van der Waals surface area contributed by atoms with E-state index in [9.17, 15) is 4.79 Å². The molecule has 0 saturated heterocycles. The van der Waals surface area contributed by atoms with Gasteiger partial charge in [-0.25, -0.2) is 0 Å². The van der Waals surface area contributed by atoms with Crippen LogP contribution in [0.4, 0.5) is 5.69 Å². The summed E-state index contributed by atoms with van der Waals surface area (Å²) in [7, 11) is 0. The number of rotatable bonds is 6. The number of amides is 1. The molecular formula is C23H19NO3S. The smallest absolute Gasteiger partial charge is 0.248 e.